The van der Waals surface area contributed by atoms with Crippen LogP contribution in [-0.2, 0) is 4.79 Å². The van der Waals surface area contributed by atoms with Crippen LogP contribution in [0.1, 0.15) is 32.1 Å². The third-order valence-corrected chi connectivity index (χ3v) is 2.82. The summed E-state index contributed by atoms with van der Waals surface area (Å²) in [4.78, 5) is 10.8. The fourth-order valence-electron chi connectivity index (χ4n) is 1.97. The molecule has 0 atom stereocenters. The molecular formula is C9H18N2O. The van der Waals surface area contributed by atoms with Gasteiger partial charge in [-0.1, -0.05) is 0 Å². The lowest BCUT2D eigenvalue weighted by molar-refractivity contribution is -0.122. The van der Waals surface area contributed by atoms with Crippen molar-refractivity contribution in [2.24, 2.45) is 23.3 Å². The molecule has 0 aromatic rings. The van der Waals surface area contributed by atoms with Gasteiger partial charge in [-0.15, -0.1) is 0 Å². The fourth-order valence-corrected chi connectivity index (χ4v) is 1.97. The topological polar surface area (TPSA) is 69.1 Å². The highest BCUT2D eigenvalue weighted by atomic mass is 16.1. The van der Waals surface area contributed by atoms with Gasteiger partial charge in [0.05, 0.1) is 0 Å². The molecule has 1 fully saturated rings. The molecule has 0 aliphatic heterocycles. The Labute approximate surface area is 73.5 Å². The molecule has 1 saturated carbocycles. The molecule has 3 heteroatoms. The van der Waals surface area contributed by atoms with Crippen molar-refractivity contribution in [2.45, 2.75) is 32.1 Å². The summed E-state index contributed by atoms with van der Waals surface area (Å²) in [6.07, 6.45) is 5.31. The molecule has 3 nitrogen and oxygen atoms in total. The second kappa shape index (κ2) is 4.45. The highest BCUT2D eigenvalue weighted by Gasteiger charge is 2.23. The number of rotatable bonds is 3. The number of amides is 1. The minimum absolute atomic E-state index is 0.124. The molecule has 0 heterocycles. The second-order valence-corrected chi connectivity index (χ2v) is 3.70. The highest BCUT2D eigenvalue weighted by molar-refractivity contribution is 5.76. The van der Waals surface area contributed by atoms with Crippen molar-refractivity contribution >= 4 is 5.91 Å². The first-order valence-electron chi connectivity index (χ1n) is 4.73. The summed E-state index contributed by atoms with van der Waals surface area (Å²) in [6, 6.07) is 0. The van der Waals surface area contributed by atoms with Gasteiger partial charge in [0.15, 0.2) is 0 Å². The van der Waals surface area contributed by atoms with Crippen molar-refractivity contribution < 1.29 is 4.79 Å². The van der Waals surface area contributed by atoms with Crippen molar-refractivity contribution in [3.8, 4) is 0 Å². The number of primary amides is 1. The average Bonchev–Trinajstić information content (AvgIpc) is 2.06. The Bertz CT molecular complexity index is 151. The summed E-state index contributed by atoms with van der Waals surface area (Å²) in [7, 11) is 0. The minimum Gasteiger partial charge on any atom is -0.369 e. The van der Waals surface area contributed by atoms with Crippen molar-refractivity contribution in [1.82, 2.24) is 0 Å². The minimum atomic E-state index is -0.124. The predicted octanol–water partition coefficient (Wildman–Crippen LogP) is 0.627. The monoisotopic (exact) mass is 170 g/mol. The van der Waals surface area contributed by atoms with E-state index in [4.69, 9.17) is 11.5 Å². The lowest BCUT2D eigenvalue weighted by Gasteiger charge is -2.25. The third kappa shape index (κ3) is 2.48. The van der Waals surface area contributed by atoms with Crippen LogP contribution in [0.5, 0.6) is 0 Å². The maximum absolute atomic E-state index is 10.8. The van der Waals surface area contributed by atoms with E-state index in [-0.39, 0.29) is 11.8 Å². The standard InChI is InChI=1S/C9H18N2O/c10-6-5-7-1-3-8(4-2-7)9(11)12/h7-8H,1-6,10H2,(H2,11,12). The molecule has 0 spiro atoms. The Hall–Kier alpha value is -0.570. The summed E-state index contributed by atoms with van der Waals surface area (Å²) in [5, 5.41) is 0. The van der Waals surface area contributed by atoms with Crippen LogP contribution >= 0.6 is 0 Å². The quantitative estimate of drug-likeness (QED) is 0.652. The summed E-state index contributed by atoms with van der Waals surface area (Å²) in [5.41, 5.74) is 10.7. The first-order chi connectivity index (χ1) is 5.74. The van der Waals surface area contributed by atoms with Crippen LogP contribution in [-0.4, -0.2) is 12.5 Å². The Kier molecular flexibility index (Phi) is 3.53. The van der Waals surface area contributed by atoms with Gasteiger partial charge in [-0.25, -0.2) is 0 Å². The average molecular weight is 170 g/mol. The van der Waals surface area contributed by atoms with Crippen LogP contribution in [0, 0.1) is 11.8 Å². The Morgan fingerprint density at radius 2 is 1.83 bits per heavy atom. The van der Waals surface area contributed by atoms with E-state index >= 15 is 0 Å². The SMILES string of the molecule is NCCC1CCC(C(N)=O)CC1. The van der Waals surface area contributed by atoms with Crippen molar-refractivity contribution in [2.75, 3.05) is 6.54 Å². The molecule has 1 aliphatic rings. The first kappa shape index (κ1) is 9.52. The summed E-state index contributed by atoms with van der Waals surface area (Å²) < 4.78 is 0. The molecule has 0 aromatic heterocycles. The predicted molar refractivity (Wildman–Crippen MR) is 48.3 cm³/mol. The smallest absolute Gasteiger partial charge is 0.220 e. The van der Waals surface area contributed by atoms with Crippen molar-refractivity contribution in [3.63, 3.8) is 0 Å². The number of carbonyl (C=O) groups excluding carboxylic acids is 1. The summed E-state index contributed by atoms with van der Waals surface area (Å²) in [6.45, 7) is 0.770. The Morgan fingerprint density at radius 1 is 1.25 bits per heavy atom. The molecule has 4 N–H and O–H groups in total. The van der Waals surface area contributed by atoms with Crippen LogP contribution in [0.3, 0.4) is 0 Å². The number of hydrogen-bond acceptors (Lipinski definition) is 2. The van der Waals surface area contributed by atoms with E-state index in [1.807, 2.05) is 0 Å². The number of nitrogens with two attached hydrogens (primary N) is 2. The Balaban J connectivity index is 2.25. The van der Waals surface area contributed by atoms with E-state index in [2.05, 4.69) is 0 Å². The summed E-state index contributed by atoms with van der Waals surface area (Å²) in [5.74, 6) is 0.755. The van der Waals surface area contributed by atoms with Crippen LogP contribution in [0.15, 0.2) is 0 Å². The van der Waals surface area contributed by atoms with E-state index in [9.17, 15) is 4.79 Å². The van der Waals surface area contributed by atoms with E-state index in [1.165, 1.54) is 0 Å². The van der Waals surface area contributed by atoms with Gasteiger partial charge in [-0.05, 0) is 44.6 Å². The van der Waals surface area contributed by atoms with Crippen LogP contribution in [0.2, 0.25) is 0 Å². The maximum Gasteiger partial charge on any atom is 0.220 e. The highest BCUT2D eigenvalue weighted by Crippen LogP contribution is 2.29. The van der Waals surface area contributed by atoms with Gasteiger partial charge in [-0.3, -0.25) is 4.79 Å². The zero-order valence-electron chi connectivity index (χ0n) is 7.46. The zero-order valence-corrected chi connectivity index (χ0v) is 7.46. The second-order valence-electron chi connectivity index (χ2n) is 3.70. The largest absolute Gasteiger partial charge is 0.369 e. The van der Waals surface area contributed by atoms with Gasteiger partial charge in [0.1, 0.15) is 0 Å². The molecule has 1 amide bonds. The molecule has 12 heavy (non-hydrogen) atoms. The lowest BCUT2D eigenvalue weighted by atomic mass is 9.80. The zero-order chi connectivity index (χ0) is 8.97. The normalized spacial score (nSPS) is 30.1. The molecule has 0 saturated heterocycles. The van der Waals surface area contributed by atoms with Gasteiger partial charge in [0.2, 0.25) is 5.91 Å². The van der Waals surface area contributed by atoms with Gasteiger partial charge >= 0.3 is 0 Å². The molecule has 0 unspecified atom stereocenters. The first-order valence-corrected chi connectivity index (χ1v) is 4.73. The van der Waals surface area contributed by atoms with E-state index < -0.39 is 0 Å². The lowest BCUT2D eigenvalue weighted by Crippen LogP contribution is -2.28. The van der Waals surface area contributed by atoms with E-state index in [0.717, 1.165) is 44.6 Å². The van der Waals surface area contributed by atoms with Crippen LogP contribution in [0.4, 0.5) is 0 Å². The molecule has 1 aliphatic carbocycles. The van der Waals surface area contributed by atoms with E-state index in [0.29, 0.717) is 0 Å². The molecule has 0 radical (unpaired) electrons. The summed E-state index contributed by atoms with van der Waals surface area (Å²) >= 11 is 0. The maximum atomic E-state index is 10.8. The van der Waals surface area contributed by atoms with Crippen LogP contribution < -0.4 is 11.5 Å². The Morgan fingerprint density at radius 3 is 2.25 bits per heavy atom. The molecule has 1 rings (SSSR count). The molecule has 70 valence electrons. The van der Waals surface area contributed by atoms with Gasteiger partial charge < -0.3 is 11.5 Å². The van der Waals surface area contributed by atoms with Crippen molar-refractivity contribution in [3.05, 3.63) is 0 Å². The van der Waals surface area contributed by atoms with E-state index in [1.54, 1.807) is 0 Å². The third-order valence-electron chi connectivity index (χ3n) is 2.82. The van der Waals surface area contributed by atoms with Crippen molar-refractivity contribution in [1.29, 1.82) is 0 Å². The van der Waals surface area contributed by atoms with Gasteiger partial charge in [-0.2, -0.15) is 0 Å². The molecule has 0 aromatic carbocycles. The van der Waals surface area contributed by atoms with Gasteiger partial charge in [0.25, 0.3) is 0 Å². The fraction of sp³-hybridized carbons (Fsp3) is 0.889. The molecule has 0 bridgehead atoms. The van der Waals surface area contributed by atoms with Crippen LogP contribution in [0.25, 0.3) is 0 Å². The number of carbonyl (C=O) groups is 1. The van der Waals surface area contributed by atoms with Gasteiger partial charge in [0, 0.05) is 5.92 Å². The molecular weight excluding hydrogens is 152 g/mol. The number of hydrogen-bond donors (Lipinski definition) is 2.